The van der Waals surface area contributed by atoms with Gasteiger partial charge in [-0.1, -0.05) is 18.2 Å². The molecular formula is C20H22N2O4. The first kappa shape index (κ1) is 16.7. The molecule has 0 saturated carbocycles. The van der Waals surface area contributed by atoms with Crippen LogP contribution in [-0.2, 0) is 16.0 Å². The van der Waals surface area contributed by atoms with E-state index in [0.29, 0.717) is 32.2 Å². The monoisotopic (exact) mass is 354 g/mol. The summed E-state index contributed by atoms with van der Waals surface area (Å²) in [5.41, 5.74) is 2.76. The van der Waals surface area contributed by atoms with Crippen LogP contribution >= 0.6 is 0 Å². The fourth-order valence-corrected chi connectivity index (χ4v) is 3.24. The van der Waals surface area contributed by atoms with Crippen LogP contribution in [0.1, 0.15) is 5.56 Å². The quantitative estimate of drug-likeness (QED) is 0.914. The predicted octanol–water partition coefficient (Wildman–Crippen LogP) is 2.48. The lowest BCUT2D eigenvalue weighted by Crippen LogP contribution is -2.36. The highest BCUT2D eigenvalue weighted by Crippen LogP contribution is 2.31. The number of rotatable bonds is 4. The van der Waals surface area contributed by atoms with Crippen molar-refractivity contribution < 1.29 is 19.0 Å². The number of nitrogens with zero attached hydrogens (tertiary/aromatic N) is 1. The maximum absolute atomic E-state index is 12.6. The van der Waals surface area contributed by atoms with Gasteiger partial charge in [-0.3, -0.25) is 4.79 Å². The van der Waals surface area contributed by atoms with Crippen molar-refractivity contribution in [3.8, 4) is 11.5 Å². The number of benzene rings is 2. The van der Waals surface area contributed by atoms with Crippen LogP contribution in [0.25, 0.3) is 0 Å². The molecule has 26 heavy (non-hydrogen) atoms. The van der Waals surface area contributed by atoms with Gasteiger partial charge in [0, 0.05) is 13.1 Å². The molecule has 6 heteroatoms. The molecule has 1 saturated heterocycles. The summed E-state index contributed by atoms with van der Waals surface area (Å²) in [6.07, 6.45) is 0.286. The van der Waals surface area contributed by atoms with E-state index < -0.39 is 0 Å². The number of carbonyl (C=O) groups excluding carboxylic acids is 1. The first-order valence-corrected chi connectivity index (χ1v) is 8.90. The van der Waals surface area contributed by atoms with Crippen molar-refractivity contribution in [1.82, 2.24) is 0 Å². The molecule has 2 aliphatic heterocycles. The van der Waals surface area contributed by atoms with E-state index in [2.05, 4.69) is 10.2 Å². The lowest BCUT2D eigenvalue weighted by Gasteiger charge is -2.30. The largest absolute Gasteiger partial charge is 0.486 e. The zero-order valence-electron chi connectivity index (χ0n) is 14.6. The van der Waals surface area contributed by atoms with Crippen LogP contribution in [0.4, 0.5) is 11.4 Å². The maximum atomic E-state index is 12.6. The van der Waals surface area contributed by atoms with E-state index in [4.69, 9.17) is 14.2 Å². The number of hydrogen-bond donors (Lipinski definition) is 1. The zero-order valence-corrected chi connectivity index (χ0v) is 14.6. The normalized spacial score (nSPS) is 16.2. The standard InChI is InChI=1S/C20H22N2O4/c23-20(14-15-5-6-18-19(13-15)26-12-11-25-18)21-16-3-1-2-4-17(16)22-7-9-24-10-8-22/h1-6,13H,7-12,14H2,(H,21,23). The van der Waals surface area contributed by atoms with Gasteiger partial charge in [-0.05, 0) is 29.8 Å². The van der Waals surface area contributed by atoms with Gasteiger partial charge in [-0.15, -0.1) is 0 Å². The van der Waals surface area contributed by atoms with Gasteiger partial charge in [0.05, 0.1) is 31.0 Å². The molecule has 2 aliphatic rings. The van der Waals surface area contributed by atoms with Crippen molar-refractivity contribution >= 4 is 17.3 Å². The third-order valence-electron chi connectivity index (χ3n) is 4.50. The van der Waals surface area contributed by atoms with Crippen LogP contribution in [0.2, 0.25) is 0 Å². The molecule has 1 N–H and O–H groups in total. The van der Waals surface area contributed by atoms with Gasteiger partial charge in [-0.25, -0.2) is 0 Å². The Balaban J connectivity index is 1.45. The van der Waals surface area contributed by atoms with Crippen LogP contribution in [-0.4, -0.2) is 45.4 Å². The molecule has 0 unspecified atom stereocenters. The number of morpholine rings is 1. The van der Waals surface area contributed by atoms with Gasteiger partial charge in [0.2, 0.25) is 5.91 Å². The minimum Gasteiger partial charge on any atom is -0.486 e. The molecule has 1 fully saturated rings. The Hall–Kier alpha value is -2.73. The van der Waals surface area contributed by atoms with Gasteiger partial charge in [0.15, 0.2) is 11.5 Å². The summed E-state index contributed by atoms with van der Waals surface area (Å²) in [6.45, 7) is 4.17. The van der Waals surface area contributed by atoms with Gasteiger partial charge in [0.25, 0.3) is 0 Å². The molecule has 4 rings (SSSR count). The molecule has 0 radical (unpaired) electrons. The van der Waals surface area contributed by atoms with Crippen molar-refractivity contribution in [1.29, 1.82) is 0 Å². The van der Waals surface area contributed by atoms with Crippen LogP contribution in [0.15, 0.2) is 42.5 Å². The van der Waals surface area contributed by atoms with Gasteiger partial charge in [-0.2, -0.15) is 0 Å². The minimum atomic E-state index is -0.0533. The Morgan fingerprint density at radius 3 is 2.58 bits per heavy atom. The van der Waals surface area contributed by atoms with Crippen molar-refractivity contribution in [2.45, 2.75) is 6.42 Å². The van der Waals surface area contributed by atoms with Crippen molar-refractivity contribution in [2.75, 3.05) is 49.7 Å². The smallest absolute Gasteiger partial charge is 0.228 e. The molecule has 0 aliphatic carbocycles. The second-order valence-corrected chi connectivity index (χ2v) is 6.32. The van der Waals surface area contributed by atoms with Gasteiger partial charge in [0.1, 0.15) is 13.2 Å². The predicted molar refractivity (Wildman–Crippen MR) is 99.2 cm³/mol. The zero-order chi connectivity index (χ0) is 17.8. The molecule has 0 atom stereocenters. The molecule has 1 amide bonds. The van der Waals surface area contributed by atoms with Crippen LogP contribution in [0.5, 0.6) is 11.5 Å². The molecule has 136 valence electrons. The summed E-state index contributed by atoms with van der Waals surface area (Å²) in [6, 6.07) is 13.5. The summed E-state index contributed by atoms with van der Waals surface area (Å²) >= 11 is 0. The Morgan fingerprint density at radius 2 is 1.73 bits per heavy atom. The highest BCUT2D eigenvalue weighted by molar-refractivity contribution is 5.95. The Labute approximate surface area is 152 Å². The average Bonchev–Trinajstić information content (AvgIpc) is 2.69. The van der Waals surface area contributed by atoms with Gasteiger partial charge >= 0.3 is 0 Å². The second kappa shape index (κ2) is 7.66. The Morgan fingerprint density at radius 1 is 0.962 bits per heavy atom. The van der Waals surface area contributed by atoms with E-state index in [9.17, 15) is 4.79 Å². The van der Waals surface area contributed by atoms with E-state index in [0.717, 1.165) is 35.8 Å². The second-order valence-electron chi connectivity index (χ2n) is 6.32. The lowest BCUT2D eigenvalue weighted by molar-refractivity contribution is -0.115. The maximum Gasteiger partial charge on any atom is 0.228 e. The third kappa shape index (κ3) is 3.75. The summed E-state index contributed by atoms with van der Waals surface area (Å²) in [5.74, 6) is 1.38. The number of carbonyl (C=O) groups is 1. The summed E-state index contributed by atoms with van der Waals surface area (Å²) < 4.78 is 16.5. The van der Waals surface area contributed by atoms with Gasteiger partial charge < -0.3 is 24.4 Å². The van der Waals surface area contributed by atoms with E-state index in [-0.39, 0.29) is 12.3 Å². The third-order valence-corrected chi connectivity index (χ3v) is 4.50. The fourth-order valence-electron chi connectivity index (χ4n) is 3.24. The van der Waals surface area contributed by atoms with Crippen molar-refractivity contribution in [3.05, 3.63) is 48.0 Å². The number of ether oxygens (including phenoxy) is 3. The molecule has 6 nitrogen and oxygen atoms in total. The number of anilines is 2. The summed E-state index contributed by atoms with van der Waals surface area (Å²) in [7, 11) is 0. The molecule has 2 aromatic carbocycles. The lowest BCUT2D eigenvalue weighted by atomic mass is 10.1. The Kier molecular flexibility index (Phi) is 4.93. The average molecular weight is 354 g/mol. The first-order valence-electron chi connectivity index (χ1n) is 8.90. The molecule has 0 aromatic heterocycles. The number of hydrogen-bond acceptors (Lipinski definition) is 5. The van der Waals surface area contributed by atoms with Crippen LogP contribution < -0.4 is 19.7 Å². The molecule has 2 aromatic rings. The van der Waals surface area contributed by atoms with E-state index in [1.54, 1.807) is 0 Å². The molecule has 0 spiro atoms. The minimum absolute atomic E-state index is 0.0533. The van der Waals surface area contributed by atoms with E-state index in [1.807, 2.05) is 42.5 Å². The number of amides is 1. The summed E-state index contributed by atoms with van der Waals surface area (Å²) in [4.78, 5) is 14.8. The van der Waals surface area contributed by atoms with Crippen LogP contribution in [0.3, 0.4) is 0 Å². The molecular weight excluding hydrogens is 332 g/mol. The number of fused-ring (bicyclic) bond motifs is 1. The van der Waals surface area contributed by atoms with Crippen molar-refractivity contribution in [3.63, 3.8) is 0 Å². The molecule has 0 bridgehead atoms. The van der Waals surface area contributed by atoms with E-state index >= 15 is 0 Å². The first-order chi connectivity index (χ1) is 12.8. The molecule has 2 heterocycles. The fraction of sp³-hybridized carbons (Fsp3) is 0.350. The van der Waals surface area contributed by atoms with Crippen molar-refractivity contribution in [2.24, 2.45) is 0 Å². The van der Waals surface area contributed by atoms with E-state index in [1.165, 1.54) is 0 Å². The summed E-state index contributed by atoms with van der Waals surface area (Å²) in [5, 5.41) is 3.04. The topological polar surface area (TPSA) is 60.0 Å². The van der Waals surface area contributed by atoms with Crippen LogP contribution in [0, 0.1) is 0 Å². The Bertz CT molecular complexity index is 787. The number of para-hydroxylation sites is 2. The SMILES string of the molecule is O=C(Cc1ccc2c(c1)OCCO2)Nc1ccccc1N1CCOCC1. The number of nitrogens with one attached hydrogen (secondary N) is 1. The highest BCUT2D eigenvalue weighted by atomic mass is 16.6. The highest BCUT2D eigenvalue weighted by Gasteiger charge is 2.17.